The SMILES string of the molecule is CCOC(=O)/C=C/CNC1CCOC1C. The molecule has 4 nitrogen and oxygen atoms in total. The predicted octanol–water partition coefficient (Wildman–Crippen LogP) is 0.873. The molecule has 0 bridgehead atoms. The van der Waals surface area contributed by atoms with E-state index in [4.69, 9.17) is 9.47 Å². The van der Waals surface area contributed by atoms with E-state index in [9.17, 15) is 4.79 Å². The number of nitrogens with one attached hydrogen (secondary N) is 1. The van der Waals surface area contributed by atoms with E-state index >= 15 is 0 Å². The Morgan fingerprint density at radius 2 is 2.47 bits per heavy atom. The normalized spacial score (nSPS) is 26.0. The molecule has 0 saturated carbocycles. The van der Waals surface area contributed by atoms with Gasteiger partial charge in [0.25, 0.3) is 0 Å². The van der Waals surface area contributed by atoms with Gasteiger partial charge in [-0.3, -0.25) is 0 Å². The summed E-state index contributed by atoms with van der Waals surface area (Å²) in [5, 5.41) is 3.31. The Labute approximate surface area is 90.6 Å². The number of ether oxygens (including phenoxy) is 2. The van der Waals surface area contributed by atoms with Gasteiger partial charge < -0.3 is 14.8 Å². The lowest BCUT2D eigenvalue weighted by Crippen LogP contribution is -2.34. The Hall–Kier alpha value is -0.870. The average molecular weight is 213 g/mol. The molecule has 86 valence electrons. The molecule has 0 aromatic rings. The van der Waals surface area contributed by atoms with Gasteiger partial charge in [0.1, 0.15) is 0 Å². The molecule has 0 amide bonds. The van der Waals surface area contributed by atoms with Gasteiger partial charge in [0.2, 0.25) is 0 Å². The van der Waals surface area contributed by atoms with Crippen LogP contribution < -0.4 is 5.32 Å². The number of carbonyl (C=O) groups is 1. The van der Waals surface area contributed by atoms with Crippen molar-refractivity contribution in [2.24, 2.45) is 0 Å². The van der Waals surface area contributed by atoms with E-state index in [1.165, 1.54) is 6.08 Å². The molecule has 1 aliphatic heterocycles. The summed E-state index contributed by atoms with van der Waals surface area (Å²) >= 11 is 0. The van der Waals surface area contributed by atoms with E-state index < -0.39 is 0 Å². The van der Waals surface area contributed by atoms with Crippen LogP contribution in [0.4, 0.5) is 0 Å². The fourth-order valence-corrected chi connectivity index (χ4v) is 1.56. The van der Waals surface area contributed by atoms with Gasteiger partial charge in [0.05, 0.1) is 12.7 Å². The van der Waals surface area contributed by atoms with Crippen LogP contribution in [-0.2, 0) is 14.3 Å². The number of esters is 1. The minimum atomic E-state index is -0.282. The van der Waals surface area contributed by atoms with Gasteiger partial charge >= 0.3 is 5.97 Å². The van der Waals surface area contributed by atoms with Crippen LogP contribution in [0.15, 0.2) is 12.2 Å². The molecule has 1 fully saturated rings. The Kier molecular flexibility index (Phi) is 5.36. The Balaban J connectivity index is 2.12. The van der Waals surface area contributed by atoms with Gasteiger partial charge in [0, 0.05) is 25.3 Å². The smallest absolute Gasteiger partial charge is 0.330 e. The van der Waals surface area contributed by atoms with Crippen molar-refractivity contribution in [1.29, 1.82) is 0 Å². The quantitative estimate of drug-likeness (QED) is 0.544. The Bertz CT molecular complexity index is 228. The molecule has 0 aromatic heterocycles. The van der Waals surface area contributed by atoms with Gasteiger partial charge in [-0.1, -0.05) is 6.08 Å². The molecule has 15 heavy (non-hydrogen) atoms. The molecule has 1 N–H and O–H groups in total. The molecule has 2 atom stereocenters. The molecule has 0 aliphatic carbocycles. The molecule has 1 rings (SSSR count). The van der Waals surface area contributed by atoms with Gasteiger partial charge in [-0.15, -0.1) is 0 Å². The second kappa shape index (κ2) is 6.58. The van der Waals surface area contributed by atoms with Crippen molar-refractivity contribution in [3.05, 3.63) is 12.2 Å². The maximum Gasteiger partial charge on any atom is 0.330 e. The Morgan fingerprint density at radius 1 is 1.67 bits per heavy atom. The van der Waals surface area contributed by atoms with Crippen molar-refractivity contribution in [3.63, 3.8) is 0 Å². The van der Waals surface area contributed by atoms with Crippen LogP contribution in [0, 0.1) is 0 Å². The first kappa shape index (κ1) is 12.2. The van der Waals surface area contributed by atoms with Crippen molar-refractivity contribution >= 4 is 5.97 Å². The molecule has 2 unspecified atom stereocenters. The van der Waals surface area contributed by atoms with Crippen LogP contribution in [0.5, 0.6) is 0 Å². The van der Waals surface area contributed by atoms with Crippen LogP contribution >= 0.6 is 0 Å². The fourth-order valence-electron chi connectivity index (χ4n) is 1.56. The highest BCUT2D eigenvalue weighted by Crippen LogP contribution is 2.11. The molecule has 1 saturated heterocycles. The predicted molar refractivity (Wildman–Crippen MR) is 57.6 cm³/mol. The highest BCUT2D eigenvalue weighted by Gasteiger charge is 2.22. The third-order valence-electron chi connectivity index (χ3n) is 2.41. The molecule has 4 heteroatoms. The summed E-state index contributed by atoms with van der Waals surface area (Å²) in [5.74, 6) is -0.282. The third-order valence-corrected chi connectivity index (χ3v) is 2.41. The van der Waals surface area contributed by atoms with Gasteiger partial charge in [-0.25, -0.2) is 4.79 Å². The molecule has 0 spiro atoms. The van der Waals surface area contributed by atoms with Crippen LogP contribution in [0.1, 0.15) is 20.3 Å². The lowest BCUT2D eigenvalue weighted by molar-refractivity contribution is -0.137. The van der Waals surface area contributed by atoms with E-state index in [0.29, 0.717) is 19.2 Å². The van der Waals surface area contributed by atoms with Crippen molar-refractivity contribution in [2.45, 2.75) is 32.4 Å². The molecular weight excluding hydrogens is 194 g/mol. The standard InChI is InChI=1S/C11H19NO3/c1-3-14-11(13)5-4-7-12-10-6-8-15-9(10)2/h4-5,9-10,12H,3,6-8H2,1-2H3/b5-4+. The lowest BCUT2D eigenvalue weighted by Gasteiger charge is -2.14. The Morgan fingerprint density at radius 3 is 3.07 bits per heavy atom. The molecule has 0 aromatic carbocycles. The van der Waals surface area contributed by atoms with Crippen molar-refractivity contribution < 1.29 is 14.3 Å². The summed E-state index contributed by atoms with van der Waals surface area (Å²) in [7, 11) is 0. The average Bonchev–Trinajstić information content (AvgIpc) is 2.60. The van der Waals surface area contributed by atoms with Crippen LogP contribution in [0.2, 0.25) is 0 Å². The highest BCUT2D eigenvalue weighted by atomic mass is 16.5. The maximum atomic E-state index is 10.9. The van der Waals surface area contributed by atoms with E-state index in [-0.39, 0.29) is 12.1 Å². The van der Waals surface area contributed by atoms with E-state index in [2.05, 4.69) is 12.2 Å². The van der Waals surface area contributed by atoms with Crippen LogP contribution in [-0.4, -0.2) is 37.9 Å². The maximum absolute atomic E-state index is 10.9. The summed E-state index contributed by atoms with van der Waals surface area (Å²) < 4.78 is 10.2. The zero-order valence-electron chi connectivity index (χ0n) is 9.36. The molecule has 1 heterocycles. The molecular formula is C11H19NO3. The van der Waals surface area contributed by atoms with E-state index in [1.807, 2.05) is 0 Å². The summed E-state index contributed by atoms with van der Waals surface area (Å²) in [4.78, 5) is 10.9. The van der Waals surface area contributed by atoms with Gasteiger partial charge in [-0.05, 0) is 20.3 Å². The highest BCUT2D eigenvalue weighted by molar-refractivity contribution is 5.81. The van der Waals surface area contributed by atoms with Gasteiger partial charge in [0.15, 0.2) is 0 Å². The van der Waals surface area contributed by atoms with E-state index in [0.717, 1.165) is 13.0 Å². The topological polar surface area (TPSA) is 47.6 Å². The number of hydrogen-bond acceptors (Lipinski definition) is 4. The first-order valence-corrected chi connectivity index (χ1v) is 5.42. The summed E-state index contributed by atoms with van der Waals surface area (Å²) in [6, 6.07) is 0.400. The number of hydrogen-bond donors (Lipinski definition) is 1. The van der Waals surface area contributed by atoms with Crippen molar-refractivity contribution in [2.75, 3.05) is 19.8 Å². The minimum absolute atomic E-state index is 0.265. The molecule has 1 aliphatic rings. The summed E-state index contributed by atoms with van der Waals surface area (Å²) in [6.07, 6.45) is 4.54. The van der Waals surface area contributed by atoms with Crippen LogP contribution in [0.3, 0.4) is 0 Å². The fraction of sp³-hybridized carbons (Fsp3) is 0.727. The zero-order chi connectivity index (χ0) is 11.1. The second-order valence-corrected chi connectivity index (χ2v) is 3.53. The van der Waals surface area contributed by atoms with Gasteiger partial charge in [-0.2, -0.15) is 0 Å². The summed E-state index contributed by atoms with van der Waals surface area (Å²) in [5.41, 5.74) is 0. The second-order valence-electron chi connectivity index (χ2n) is 3.53. The third kappa shape index (κ3) is 4.44. The monoisotopic (exact) mass is 213 g/mol. The lowest BCUT2D eigenvalue weighted by atomic mass is 10.1. The zero-order valence-corrected chi connectivity index (χ0v) is 9.36. The van der Waals surface area contributed by atoms with Crippen molar-refractivity contribution in [3.8, 4) is 0 Å². The number of carbonyl (C=O) groups excluding carboxylic acids is 1. The molecule has 0 radical (unpaired) electrons. The van der Waals surface area contributed by atoms with E-state index in [1.54, 1.807) is 13.0 Å². The summed E-state index contributed by atoms with van der Waals surface area (Å²) in [6.45, 7) is 5.77. The van der Waals surface area contributed by atoms with Crippen molar-refractivity contribution in [1.82, 2.24) is 5.32 Å². The minimum Gasteiger partial charge on any atom is -0.463 e. The first-order valence-electron chi connectivity index (χ1n) is 5.42. The number of rotatable bonds is 5. The van der Waals surface area contributed by atoms with Crippen LogP contribution in [0.25, 0.3) is 0 Å². The first-order chi connectivity index (χ1) is 7.24. The largest absolute Gasteiger partial charge is 0.463 e.